The van der Waals surface area contributed by atoms with Crippen LogP contribution in [0, 0.1) is 0 Å². The smallest absolute Gasteiger partial charge is 0.264 e. The molecule has 0 saturated carbocycles. The fraction of sp³-hybridized carbons (Fsp3) is 0.438. The third kappa shape index (κ3) is 3.39. The Hall–Kier alpha value is -1.10. The SMILES string of the molecule is O=C(c1cc2ccccc2s1)N1CCCN(CCCl)CC1. The van der Waals surface area contributed by atoms with E-state index in [4.69, 9.17) is 11.6 Å². The zero-order valence-electron chi connectivity index (χ0n) is 11.9. The average Bonchev–Trinajstić information content (AvgIpc) is 2.80. The second-order valence-corrected chi connectivity index (χ2v) is 6.79. The molecular formula is C16H19ClN2OS. The molecule has 0 aliphatic carbocycles. The van der Waals surface area contributed by atoms with Crippen LogP contribution in [-0.2, 0) is 0 Å². The number of benzene rings is 1. The van der Waals surface area contributed by atoms with Crippen molar-refractivity contribution in [3.05, 3.63) is 35.2 Å². The van der Waals surface area contributed by atoms with Crippen LogP contribution >= 0.6 is 22.9 Å². The first kappa shape index (κ1) is 14.8. The van der Waals surface area contributed by atoms with Crippen molar-refractivity contribution in [2.24, 2.45) is 0 Å². The van der Waals surface area contributed by atoms with Gasteiger partial charge in [-0.25, -0.2) is 0 Å². The fourth-order valence-electron chi connectivity index (χ4n) is 2.76. The van der Waals surface area contributed by atoms with E-state index in [9.17, 15) is 4.79 Å². The molecule has 112 valence electrons. The zero-order chi connectivity index (χ0) is 14.7. The molecule has 21 heavy (non-hydrogen) atoms. The van der Waals surface area contributed by atoms with E-state index in [2.05, 4.69) is 17.0 Å². The normalized spacial score (nSPS) is 17.1. The minimum absolute atomic E-state index is 0.170. The van der Waals surface area contributed by atoms with E-state index in [0.717, 1.165) is 49.4 Å². The summed E-state index contributed by atoms with van der Waals surface area (Å²) in [5, 5.41) is 1.16. The molecule has 3 rings (SSSR count). The molecule has 0 N–H and O–H groups in total. The standard InChI is InChI=1S/C16H19ClN2OS/c17-6-9-18-7-3-8-19(11-10-18)16(20)15-12-13-4-1-2-5-14(13)21-15/h1-2,4-5,12H,3,6-11H2. The van der Waals surface area contributed by atoms with Crippen LogP contribution in [-0.4, -0.2) is 54.3 Å². The molecule has 0 unspecified atom stereocenters. The molecule has 0 bridgehead atoms. The lowest BCUT2D eigenvalue weighted by Crippen LogP contribution is -2.35. The molecule has 0 atom stereocenters. The molecule has 1 fully saturated rings. The Bertz CT molecular complexity index is 595. The monoisotopic (exact) mass is 322 g/mol. The molecule has 0 radical (unpaired) electrons. The van der Waals surface area contributed by atoms with Crippen molar-refractivity contribution in [3.8, 4) is 0 Å². The summed E-state index contributed by atoms with van der Waals surface area (Å²) in [6, 6.07) is 10.2. The molecule has 5 heteroatoms. The second kappa shape index (κ2) is 6.77. The first-order valence-corrected chi connectivity index (χ1v) is 8.69. The summed E-state index contributed by atoms with van der Waals surface area (Å²) in [7, 11) is 0. The van der Waals surface area contributed by atoms with E-state index in [-0.39, 0.29) is 5.91 Å². The van der Waals surface area contributed by atoms with Crippen molar-refractivity contribution in [1.29, 1.82) is 0 Å². The van der Waals surface area contributed by atoms with Crippen molar-refractivity contribution < 1.29 is 4.79 Å². The third-order valence-corrected chi connectivity index (χ3v) is 5.19. The number of hydrogen-bond donors (Lipinski definition) is 0. The Morgan fingerprint density at radius 3 is 2.86 bits per heavy atom. The van der Waals surface area contributed by atoms with Gasteiger partial charge >= 0.3 is 0 Å². The third-order valence-electron chi connectivity index (χ3n) is 3.91. The molecule has 1 aliphatic rings. The summed E-state index contributed by atoms with van der Waals surface area (Å²) < 4.78 is 1.18. The van der Waals surface area contributed by atoms with E-state index in [1.807, 2.05) is 23.1 Å². The molecule has 1 aromatic carbocycles. The molecule has 1 aliphatic heterocycles. The highest BCUT2D eigenvalue weighted by Gasteiger charge is 2.21. The summed E-state index contributed by atoms with van der Waals surface area (Å²) in [6.45, 7) is 4.49. The summed E-state index contributed by atoms with van der Waals surface area (Å²) in [4.78, 5) is 17.9. The number of thiophene rings is 1. The van der Waals surface area contributed by atoms with Crippen molar-refractivity contribution in [1.82, 2.24) is 9.80 Å². The van der Waals surface area contributed by atoms with Crippen LogP contribution < -0.4 is 0 Å². The van der Waals surface area contributed by atoms with E-state index in [0.29, 0.717) is 5.88 Å². The van der Waals surface area contributed by atoms with Gasteiger partial charge in [0, 0.05) is 36.8 Å². The number of hydrogen-bond acceptors (Lipinski definition) is 3. The fourth-order valence-corrected chi connectivity index (χ4v) is 4.03. The minimum Gasteiger partial charge on any atom is -0.337 e. The lowest BCUT2D eigenvalue weighted by Gasteiger charge is -2.20. The number of alkyl halides is 1. The Balaban J connectivity index is 1.72. The number of halogens is 1. The van der Waals surface area contributed by atoms with Crippen LogP contribution in [0.4, 0.5) is 0 Å². The molecule has 3 nitrogen and oxygen atoms in total. The van der Waals surface area contributed by atoms with Gasteiger partial charge in [-0.3, -0.25) is 4.79 Å². The van der Waals surface area contributed by atoms with Gasteiger partial charge in [-0.05, 0) is 30.5 Å². The van der Waals surface area contributed by atoms with Gasteiger partial charge in [0.2, 0.25) is 0 Å². The number of carbonyl (C=O) groups is 1. The van der Waals surface area contributed by atoms with Gasteiger partial charge in [0.15, 0.2) is 0 Å². The zero-order valence-corrected chi connectivity index (χ0v) is 13.5. The van der Waals surface area contributed by atoms with Crippen LogP contribution in [0.2, 0.25) is 0 Å². The topological polar surface area (TPSA) is 23.6 Å². The summed E-state index contributed by atoms with van der Waals surface area (Å²) >= 11 is 7.40. The average molecular weight is 323 g/mol. The van der Waals surface area contributed by atoms with Gasteiger partial charge in [0.05, 0.1) is 4.88 Å². The van der Waals surface area contributed by atoms with Gasteiger partial charge in [-0.2, -0.15) is 0 Å². The Morgan fingerprint density at radius 2 is 2.05 bits per heavy atom. The summed E-state index contributed by atoms with van der Waals surface area (Å²) in [6.07, 6.45) is 1.02. The van der Waals surface area contributed by atoms with Crippen LogP contribution in [0.15, 0.2) is 30.3 Å². The molecule has 1 aromatic heterocycles. The number of nitrogens with zero attached hydrogens (tertiary/aromatic N) is 2. The quantitative estimate of drug-likeness (QED) is 0.810. The lowest BCUT2D eigenvalue weighted by molar-refractivity contribution is 0.0767. The van der Waals surface area contributed by atoms with Gasteiger partial charge in [0.25, 0.3) is 5.91 Å². The van der Waals surface area contributed by atoms with E-state index < -0.39 is 0 Å². The first-order valence-electron chi connectivity index (χ1n) is 7.34. The van der Waals surface area contributed by atoms with Crippen LogP contribution in [0.5, 0.6) is 0 Å². The van der Waals surface area contributed by atoms with Gasteiger partial charge < -0.3 is 9.80 Å². The van der Waals surface area contributed by atoms with E-state index >= 15 is 0 Å². The molecular weight excluding hydrogens is 304 g/mol. The van der Waals surface area contributed by atoms with Crippen molar-refractivity contribution in [3.63, 3.8) is 0 Å². The lowest BCUT2D eigenvalue weighted by atomic mass is 10.2. The van der Waals surface area contributed by atoms with Crippen molar-refractivity contribution >= 4 is 38.9 Å². The number of fused-ring (bicyclic) bond motifs is 1. The van der Waals surface area contributed by atoms with Crippen LogP contribution in [0.25, 0.3) is 10.1 Å². The van der Waals surface area contributed by atoms with E-state index in [1.54, 1.807) is 11.3 Å². The van der Waals surface area contributed by atoms with Crippen LogP contribution in [0.1, 0.15) is 16.1 Å². The molecule has 1 amide bonds. The van der Waals surface area contributed by atoms with Crippen molar-refractivity contribution in [2.45, 2.75) is 6.42 Å². The maximum Gasteiger partial charge on any atom is 0.264 e. The molecule has 0 spiro atoms. The minimum atomic E-state index is 0.170. The molecule has 2 heterocycles. The van der Waals surface area contributed by atoms with Crippen LogP contribution in [0.3, 0.4) is 0 Å². The number of amides is 1. The largest absolute Gasteiger partial charge is 0.337 e. The molecule has 1 saturated heterocycles. The number of carbonyl (C=O) groups excluding carboxylic acids is 1. The van der Waals surface area contributed by atoms with Gasteiger partial charge in [-0.1, -0.05) is 18.2 Å². The predicted molar refractivity (Wildman–Crippen MR) is 89.5 cm³/mol. The predicted octanol–water partition coefficient (Wildman–Crippen LogP) is 3.29. The Kier molecular flexibility index (Phi) is 4.78. The van der Waals surface area contributed by atoms with E-state index in [1.165, 1.54) is 4.70 Å². The molecule has 2 aromatic rings. The van der Waals surface area contributed by atoms with Gasteiger partial charge in [0.1, 0.15) is 0 Å². The summed E-state index contributed by atoms with van der Waals surface area (Å²) in [5.74, 6) is 0.827. The highest BCUT2D eigenvalue weighted by atomic mass is 35.5. The summed E-state index contributed by atoms with van der Waals surface area (Å²) in [5.41, 5.74) is 0. The highest BCUT2D eigenvalue weighted by molar-refractivity contribution is 7.20. The highest BCUT2D eigenvalue weighted by Crippen LogP contribution is 2.26. The maximum atomic E-state index is 12.7. The second-order valence-electron chi connectivity index (χ2n) is 5.32. The number of rotatable bonds is 3. The van der Waals surface area contributed by atoms with Gasteiger partial charge in [-0.15, -0.1) is 22.9 Å². The first-order chi connectivity index (χ1) is 10.3. The maximum absolute atomic E-state index is 12.7. The Labute approximate surface area is 134 Å². The van der Waals surface area contributed by atoms with Crippen molar-refractivity contribution in [2.75, 3.05) is 38.6 Å². The Morgan fingerprint density at radius 1 is 1.19 bits per heavy atom.